The van der Waals surface area contributed by atoms with Gasteiger partial charge in [-0.1, -0.05) is 42.5 Å². The average molecular weight is 381 g/mol. The summed E-state index contributed by atoms with van der Waals surface area (Å²) in [5.41, 5.74) is 2.34. The minimum Gasteiger partial charge on any atom is -0.497 e. The Balaban J connectivity index is 1.59. The maximum Gasteiger partial charge on any atom is 0.129 e. The Morgan fingerprint density at radius 3 is 2.50 bits per heavy atom. The first kappa shape index (κ1) is 20.1. The number of furan rings is 1. The molecular formula is C23H27NO4. The largest absolute Gasteiger partial charge is 0.497 e. The molecule has 1 aromatic heterocycles. The number of methoxy groups -OCH3 is 1. The van der Waals surface area contributed by atoms with Crippen molar-refractivity contribution >= 4 is 0 Å². The van der Waals surface area contributed by atoms with Crippen LogP contribution in [0.2, 0.25) is 0 Å². The third kappa shape index (κ3) is 6.53. The van der Waals surface area contributed by atoms with E-state index in [1.54, 1.807) is 13.4 Å². The van der Waals surface area contributed by atoms with Gasteiger partial charge in [0.05, 0.1) is 26.1 Å². The molecular weight excluding hydrogens is 354 g/mol. The summed E-state index contributed by atoms with van der Waals surface area (Å²) in [6, 6.07) is 22.0. The molecule has 148 valence electrons. The smallest absolute Gasteiger partial charge is 0.129 e. The zero-order valence-electron chi connectivity index (χ0n) is 16.2. The fourth-order valence-corrected chi connectivity index (χ4v) is 3.10. The van der Waals surface area contributed by atoms with E-state index in [1.807, 2.05) is 48.5 Å². The number of hydrogen-bond acceptors (Lipinski definition) is 5. The van der Waals surface area contributed by atoms with E-state index in [-0.39, 0.29) is 6.61 Å². The molecule has 5 nitrogen and oxygen atoms in total. The van der Waals surface area contributed by atoms with E-state index in [1.165, 1.54) is 5.56 Å². The standard InChI is InChI=1S/C23H27NO4/c1-26-22-10-5-9-20(13-22)15-24(14-19-7-3-2-4-8-19)16-21(25)17-27-18-23-11-6-12-28-23/h2-13,21,25H,14-18H2,1H3. The summed E-state index contributed by atoms with van der Waals surface area (Å²) in [5.74, 6) is 1.59. The van der Waals surface area contributed by atoms with Crippen molar-refractivity contribution in [3.8, 4) is 5.75 Å². The quantitative estimate of drug-likeness (QED) is 0.546. The van der Waals surface area contributed by atoms with E-state index in [9.17, 15) is 5.11 Å². The van der Waals surface area contributed by atoms with E-state index in [0.717, 1.165) is 23.6 Å². The molecule has 3 rings (SSSR count). The van der Waals surface area contributed by atoms with Crippen molar-refractivity contribution in [3.63, 3.8) is 0 Å². The van der Waals surface area contributed by atoms with Gasteiger partial charge in [0.15, 0.2) is 0 Å². The highest BCUT2D eigenvalue weighted by atomic mass is 16.5. The third-order valence-electron chi connectivity index (χ3n) is 4.39. The van der Waals surface area contributed by atoms with Crippen LogP contribution in [0.1, 0.15) is 16.9 Å². The topological polar surface area (TPSA) is 55.1 Å². The monoisotopic (exact) mass is 381 g/mol. The van der Waals surface area contributed by atoms with Crippen LogP contribution in [0, 0.1) is 0 Å². The van der Waals surface area contributed by atoms with E-state index in [2.05, 4.69) is 23.1 Å². The molecule has 1 heterocycles. The lowest BCUT2D eigenvalue weighted by Gasteiger charge is -2.25. The average Bonchev–Trinajstić information content (AvgIpc) is 3.22. The van der Waals surface area contributed by atoms with Gasteiger partial charge in [-0.25, -0.2) is 0 Å². The fourth-order valence-electron chi connectivity index (χ4n) is 3.10. The molecule has 0 aliphatic rings. The van der Waals surface area contributed by atoms with E-state index >= 15 is 0 Å². The van der Waals surface area contributed by atoms with Gasteiger partial charge < -0.3 is 19.0 Å². The molecule has 5 heteroatoms. The van der Waals surface area contributed by atoms with Crippen LogP contribution >= 0.6 is 0 Å². The van der Waals surface area contributed by atoms with Crippen molar-refractivity contribution in [2.75, 3.05) is 20.3 Å². The van der Waals surface area contributed by atoms with Gasteiger partial charge >= 0.3 is 0 Å². The molecule has 0 aliphatic carbocycles. The summed E-state index contributed by atoms with van der Waals surface area (Å²) < 4.78 is 16.2. The second kappa shape index (κ2) is 10.7. The Morgan fingerprint density at radius 2 is 1.75 bits per heavy atom. The van der Waals surface area contributed by atoms with Crippen LogP contribution in [-0.4, -0.2) is 36.4 Å². The highest BCUT2D eigenvalue weighted by Gasteiger charge is 2.14. The predicted molar refractivity (Wildman–Crippen MR) is 108 cm³/mol. The summed E-state index contributed by atoms with van der Waals surface area (Å²) >= 11 is 0. The number of aliphatic hydroxyl groups is 1. The van der Waals surface area contributed by atoms with Gasteiger partial charge in [-0.2, -0.15) is 0 Å². The van der Waals surface area contributed by atoms with E-state index in [0.29, 0.717) is 19.7 Å². The van der Waals surface area contributed by atoms with Crippen LogP contribution in [0.15, 0.2) is 77.4 Å². The molecule has 28 heavy (non-hydrogen) atoms. The molecule has 0 amide bonds. The summed E-state index contributed by atoms with van der Waals surface area (Å²) in [6.45, 7) is 2.57. The van der Waals surface area contributed by atoms with Crippen molar-refractivity contribution < 1.29 is 19.0 Å². The lowest BCUT2D eigenvalue weighted by molar-refractivity contribution is 0.00253. The number of nitrogens with zero attached hydrogens (tertiary/aromatic N) is 1. The first-order chi connectivity index (χ1) is 13.7. The lowest BCUT2D eigenvalue weighted by Crippen LogP contribution is -2.34. The maximum atomic E-state index is 10.5. The number of hydrogen-bond donors (Lipinski definition) is 1. The summed E-state index contributed by atoms with van der Waals surface area (Å²) in [7, 11) is 1.67. The minimum absolute atomic E-state index is 0.254. The van der Waals surface area contributed by atoms with Gasteiger partial charge in [-0.15, -0.1) is 0 Å². The van der Waals surface area contributed by atoms with Crippen molar-refractivity contribution in [1.82, 2.24) is 4.90 Å². The van der Waals surface area contributed by atoms with Gasteiger partial charge in [0.2, 0.25) is 0 Å². The van der Waals surface area contributed by atoms with E-state index in [4.69, 9.17) is 13.9 Å². The molecule has 1 unspecified atom stereocenters. The molecule has 0 fully saturated rings. The molecule has 1 atom stereocenters. The summed E-state index contributed by atoms with van der Waals surface area (Å²) in [4.78, 5) is 2.21. The molecule has 0 saturated heterocycles. The zero-order valence-corrected chi connectivity index (χ0v) is 16.2. The lowest BCUT2D eigenvalue weighted by atomic mass is 10.1. The normalized spacial score (nSPS) is 12.2. The van der Waals surface area contributed by atoms with Crippen molar-refractivity contribution in [2.24, 2.45) is 0 Å². The Bertz CT molecular complexity index is 804. The molecule has 0 spiro atoms. The summed E-state index contributed by atoms with van der Waals surface area (Å²) in [5, 5.41) is 10.5. The molecule has 0 bridgehead atoms. The Hall–Kier alpha value is -2.60. The molecule has 0 saturated carbocycles. The van der Waals surface area contributed by atoms with Crippen LogP contribution in [0.4, 0.5) is 0 Å². The first-order valence-electron chi connectivity index (χ1n) is 9.40. The molecule has 2 aromatic carbocycles. The molecule has 0 aliphatic heterocycles. The van der Waals surface area contributed by atoms with Crippen LogP contribution in [0.3, 0.4) is 0 Å². The van der Waals surface area contributed by atoms with Crippen molar-refractivity contribution in [3.05, 3.63) is 89.9 Å². The SMILES string of the molecule is COc1cccc(CN(Cc2ccccc2)CC(O)COCc2ccco2)c1. The Labute approximate surface area is 166 Å². The summed E-state index contributed by atoms with van der Waals surface area (Å²) in [6.07, 6.45) is 1.02. The highest BCUT2D eigenvalue weighted by Crippen LogP contribution is 2.16. The second-order valence-corrected chi connectivity index (χ2v) is 6.76. The highest BCUT2D eigenvalue weighted by molar-refractivity contribution is 5.28. The molecule has 3 aromatic rings. The van der Waals surface area contributed by atoms with Crippen molar-refractivity contribution in [2.45, 2.75) is 25.8 Å². The van der Waals surface area contributed by atoms with Gasteiger partial charge in [-0.05, 0) is 35.4 Å². The van der Waals surface area contributed by atoms with E-state index < -0.39 is 6.10 Å². The number of aliphatic hydroxyl groups excluding tert-OH is 1. The maximum absolute atomic E-state index is 10.5. The number of rotatable bonds is 11. The minimum atomic E-state index is -0.593. The van der Waals surface area contributed by atoms with Gasteiger partial charge in [-0.3, -0.25) is 4.90 Å². The van der Waals surface area contributed by atoms with Crippen LogP contribution in [0.5, 0.6) is 5.75 Å². The number of ether oxygens (including phenoxy) is 2. The van der Waals surface area contributed by atoms with Crippen molar-refractivity contribution in [1.29, 1.82) is 0 Å². The molecule has 1 N–H and O–H groups in total. The fraction of sp³-hybridized carbons (Fsp3) is 0.304. The Morgan fingerprint density at radius 1 is 0.964 bits per heavy atom. The molecule has 0 radical (unpaired) electrons. The zero-order chi connectivity index (χ0) is 19.6. The van der Waals surface area contributed by atoms with Gasteiger partial charge in [0, 0.05) is 19.6 Å². The number of benzene rings is 2. The third-order valence-corrected chi connectivity index (χ3v) is 4.39. The Kier molecular flexibility index (Phi) is 7.67. The first-order valence-corrected chi connectivity index (χ1v) is 9.40. The van der Waals surface area contributed by atoms with Gasteiger partial charge in [0.1, 0.15) is 18.1 Å². The predicted octanol–water partition coefficient (Wildman–Crippen LogP) is 3.87. The van der Waals surface area contributed by atoms with Crippen LogP contribution < -0.4 is 4.74 Å². The second-order valence-electron chi connectivity index (χ2n) is 6.76. The van der Waals surface area contributed by atoms with Crippen LogP contribution in [-0.2, 0) is 24.4 Å². The van der Waals surface area contributed by atoms with Crippen LogP contribution in [0.25, 0.3) is 0 Å². The van der Waals surface area contributed by atoms with Gasteiger partial charge in [0.25, 0.3) is 0 Å².